The molecule has 3 unspecified atom stereocenters. The van der Waals surface area contributed by atoms with Crippen LogP contribution in [0.25, 0.3) is 0 Å². The van der Waals surface area contributed by atoms with Crippen LogP contribution in [0.1, 0.15) is 309 Å². The van der Waals surface area contributed by atoms with E-state index in [1.54, 1.807) is 6.08 Å². The van der Waals surface area contributed by atoms with E-state index >= 15 is 0 Å². The fourth-order valence-corrected chi connectivity index (χ4v) is 10.1. The monoisotopic (exact) mass is 1030 g/mol. The first-order valence-corrected chi connectivity index (χ1v) is 32.8. The molecule has 0 spiro atoms. The number of carbonyl (C=O) groups excluding carboxylic acids is 1. The smallest absolute Gasteiger partial charge is 0.268 e. The molecule has 0 radical (unpaired) electrons. The number of hydrogen-bond acceptors (Lipinski definition) is 6. The molecule has 426 valence electrons. The van der Waals surface area contributed by atoms with Crippen molar-refractivity contribution in [2.75, 3.05) is 40.9 Å². The molecule has 0 aliphatic heterocycles. The Labute approximate surface area is 448 Å². The zero-order valence-electron chi connectivity index (χ0n) is 48.6. The lowest BCUT2D eigenvalue weighted by Gasteiger charge is -2.29. The lowest BCUT2D eigenvalue weighted by Crippen LogP contribution is -2.45. The van der Waals surface area contributed by atoms with Gasteiger partial charge >= 0.3 is 0 Å². The summed E-state index contributed by atoms with van der Waals surface area (Å²) in [6.45, 7) is 4.67. The van der Waals surface area contributed by atoms with Crippen LogP contribution in [0.2, 0.25) is 0 Å². The minimum Gasteiger partial charge on any atom is -0.756 e. The largest absolute Gasteiger partial charge is 0.756 e. The fraction of sp³-hybridized carbons (Fsp3) is 0.889. The third-order valence-electron chi connectivity index (χ3n) is 14.3. The zero-order valence-corrected chi connectivity index (χ0v) is 49.5. The molecule has 9 heteroatoms. The van der Waals surface area contributed by atoms with Gasteiger partial charge in [-0.05, 0) is 44.9 Å². The topological polar surface area (TPSA) is 108 Å². The second-order valence-electron chi connectivity index (χ2n) is 22.8. The van der Waals surface area contributed by atoms with Crippen molar-refractivity contribution >= 4 is 13.7 Å². The van der Waals surface area contributed by atoms with Gasteiger partial charge in [0.2, 0.25) is 5.91 Å². The number of rotatable bonds is 58. The molecular formula is C63H123N2O6P. The van der Waals surface area contributed by atoms with Crippen molar-refractivity contribution < 1.29 is 32.9 Å². The van der Waals surface area contributed by atoms with Gasteiger partial charge in [0.05, 0.1) is 39.9 Å². The van der Waals surface area contributed by atoms with Gasteiger partial charge in [-0.15, -0.1) is 0 Å². The summed E-state index contributed by atoms with van der Waals surface area (Å²) in [6.07, 6.45) is 71.0. The Kier molecular flexibility index (Phi) is 53.5. The van der Waals surface area contributed by atoms with Gasteiger partial charge in [-0.2, -0.15) is 0 Å². The summed E-state index contributed by atoms with van der Waals surface area (Å²) < 4.78 is 23.4. The predicted octanol–water partition coefficient (Wildman–Crippen LogP) is 18.7. The highest BCUT2D eigenvalue weighted by atomic mass is 31.2. The molecule has 2 N–H and O–H groups in total. The van der Waals surface area contributed by atoms with Crippen LogP contribution < -0.4 is 10.2 Å². The van der Waals surface area contributed by atoms with Gasteiger partial charge < -0.3 is 28.8 Å². The number of aliphatic hydroxyl groups is 1. The first kappa shape index (κ1) is 70.7. The highest BCUT2D eigenvalue weighted by molar-refractivity contribution is 7.45. The van der Waals surface area contributed by atoms with E-state index < -0.39 is 26.6 Å². The van der Waals surface area contributed by atoms with E-state index in [9.17, 15) is 19.4 Å². The summed E-state index contributed by atoms with van der Waals surface area (Å²) in [6, 6.07) is -0.908. The Balaban J connectivity index is 4.16. The average Bonchev–Trinajstić information content (AvgIpc) is 3.34. The van der Waals surface area contributed by atoms with Crippen molar-refractivity contribution in [3.05, 3.63) is 36.5 Å². The van der Waals surface area contributed by atoms with Crippen LogP contribution >= 0.6 is 7.82 Å². The first-order valence-electron chi connectivity index (χ1n) is 31.4. The second kappa shape index (κ2) is 54.5. The maximum Gasteiger partial charge on any atom is 0.268 e. The lowest BCUT2D eigenvalue weighted by atomic mass is 10.0. The van der Waals surface area contributed by atoms with Crippen molar-refractivity contribution in [1.82, 2.24) is 5.32 Å². The van der Waals surface area contributed by atoms with Crippen LogP contribution in [0.5, 0.6) is 0 Å². The van der Waals surface area contributed by atoms with Crippen LogP contribution in [0.15, 0.2) is 36.5 Å². The fourth-order valence-electron chi connectivity index (χ4n) is 9.42. The molecule has 0 aromatic carbocycles. The molecule has 0 bridgehead atoms. The maximum atomic E-state index is 13.0. The van der Waals surface area contributed by atoms with Gasteiger partial charge in [-0.3, -0.25) is 9.36 Å². The van der Waals surface area contributed by atoms with Gasteiger partial charge in [0, 0.05) is 6.42 Å². The molecule has 0 aliphatic carbocycles. The number of allylic oxidation sites excluding steroid dienone is 5. The summed E-state index contributed by atoms with van der Waals surface area (Å²) in [5, 5.41) is 13.9. The van der Waals surface area contributed by atoms with Gasteiger partial charge in [-0.1, -0.05) is 294 Å². The van der Waals surface area contributed by atoms with Crippen molar-refractivity contribution in [3.63, 3.8) is 0 Å². The highest BCUT2D eigenvalue weighted by Gasteiger charge is 2.23. The minimum absolute atomic E-state index is 0.00725. The Morgan fingerprint density at radius 3 is 1.12 bits per heavy atom. The normalized spacial score (nSPS) is 14.0. The van der Waals surface area contributed by atoms with Gasteiger partial charge in [0.1, 0.15) is 13.2 Å². The average molecular weight is 1040 g/mol. The number of aliphatic hydroxyl groups excluding tert-OH is 1. The number of hydrogen-bond donors (Lipinski definition) is 2. The first-order chi connectivity index (χ1) is 35.0. The maximum absolute atomic E-state index is 13.0. The Morgan fingerprint density at radius 2 is 0.778 bits per heavy atom. The van der Waals surface area contributed by atoms with E-state index in [4.69, 9.17) is 9.05 Å². The molecule has 1 amide bonds. The third-order valence-corrected chi connectivity index (χ3v) is 15.3. The summed E-state index contributed by atoms with van der Waals surface area (Å²) >= 11 is 0. The van der Waals surface area contributed by atoms with E-state index in [1.165, 1.54) is 244 Å². The quantitative estimate of drug-likeness (QED) is 0.0272. The SMILES string of the molecule is CCCCCCCCCCCCCC/C=C/CC/C=C/CC/C=C/C(O)C(COP(=O)([O-])OCC[N+](C)(C)C)NC(=O)CCCCCCCCCCCCCCCCCCCCCCCCCCCCCC. The van der Waals surface area contributed by atoms with Crippen molar-refractivity contribution in [1.29, 1.82) is 0 Å². The van der Waals surface area contributed by atoms with E-state index in [0.29, 0.717) is 17.4 Å². The van der Waals surface area contributed by atoms with Crippen molar-refractivity contribution in [3.8, 4) is 0 Å². The molecule has 0 aromatic heterocycles. The predicted molar refractivity (Wildman–Crippen MR) is 311 cm³/mol. The van der Waals surface area contributed by atoms with E-state index in [2.05, 4.69) is 43.5 Å². The number of nitrogens with one attached hydrogen (secondary N) is 1. The second-order valence-corrected chi connectivity index (χ2v) is 24.2. The molecular weight excluding hydrogens is 912 g/mol. The number of quaternary nitrogens is 1. The lowest BCUT2D eigenvalue weighted by molar-refractivity contribution is -0.870. The van der Waals surface area contributed by atoms with Gasteiger partial charge in [-0.25, -0.2) is 0 Å². The van der Waals surface area contributed by atoms with Crippen molar-refractivity contribution in [2.45, 2.75) is 321 Å². The number of unbranched alkanes of at least 4 members (excludes halogenated alkanes) is 41. The molecule has 0 aromatic rings. The van der Waals surface area contributed by atoms with Crippen LogP contribution in [-0.2, 0) is 18.4 Å². The summed E-state index contributed by atoms with van der Waals surface area (Å²) in [7, 11) is 1.25. The number of phosphoric ester groups is 1. The highest BCUT2D eigenvalue weighted by Crippen LogP contribution is 2.38. The number of phosphoric acid groups is 1. The summed E-state index contributed by atoms with van der Waals surface area (Å²) in [4.78, 5) is 25.5. The Hall–Kier alpha value is -1.28. The van der Waals surface area contributed by atoms with Crippen LogP contribution in [0.3, 0.4) is 0 Å². The molecule has 72 heavy (non-hydrogen) atoms. The van der Waals surface area contributed by atoms with Crippen LogP contribution in [-0.4, -0.2) is 68.5 Å². The van der Waals surface area contributed by atoms with E-state index in [-0.39, 0.29) is 12.5 Å². The molecule has 0 rings (SSSR count). The molecule has 0 saturated heterocycles. The third kappa shape index (κ3) is 56.4. The number of likely N-dealkylation sites (N-methyl/N-ethyl adjacent to an activating group) is 1. The van der Waals surface area contributed by atoms with E-state index in [0.717, 1.165) is 44.9 Å². The molecule has 0 fully saturated rings. The zero-order chi connectivity index (χ0) is 52.7. The number of amides is 1. The van der Waals surface area contributed by atoms with Crippen LogP contribution in [0, 0.1) is 0 Å². The molecule has 3 atom stereocenters. The van der Waals surface area contributed by atoms with Gasteiger partial charge in [0.25, 0.3) is 7.82 Å². The standard InChI is InChI=1S/C63H123N2O6P/c1-6-8-10-12-14-16-18-20-22-24-26-28-30-31-32-33-34-35-37-39-41-43-45-47-49-51-53-55-57-63(67)64-61(60-71-72(68,69)70-59-58-65(3,4)5)62(66)56-54-52-50-48-46-44-42-40-38-36-29-27-25-23-21-19-17-15-13-11-9-7-2/h38,40,46,48,54,56,61-62,66H,6-37,39,41-45,47,49-53,55,57-60H2,1-5H3,(H-,64,67,68,69)/b40-38+,48-46+,56-54+. The molecule has 0 aliphatic rings. The van der Waals surface area contributed by atoms with Crippen LogP contribution in [0.4, 0.5) is 0 Å². The summed E-state index contributed by atoms with van der Waals surface area (Å²) in [5.74, 6) is -0.205. The van der Waals surface area contributed by atoms with Crippen molar-refractivity contribution in [2.24, 2.45) is 0 Å². The molecule has 8 nitrogen and oxygen atoms in total. The Morgan fingerprint density at radius 1 is 0.472 bits per heavy atom. The number of carbonyl (C=O) groups is 1. The summed E-state index contributed by atoms with van der Waals surface area (Å²) in [5.41, 5.74) is 0. The Bertz CT molecular complexity index is 1270. The number of nitrogens with zero attached hydrogens (tertiary/aromatic N) is 1. The van der Waals surface area contributed by atoms with E-state index in [1.807, 2.05) is 27.2 Å². The molecule has 0 heterocycles. The molecule has 0 saturated carbocycles. The van der Waals surface area contributed by atoms with Gasteiger partial charge in [0.15, 0.2) is 0 Å². The minimum atomic E-state index is -4.61.